The van der Waals surface area contributed by atoms with Gasteiger partial charge in [-0.2, -0.15) is 4.99 Å². The quantitative estimate of drug-likeness (QED) is 0.430. The number of piperazine rings is 1. The zero-order chi connectivity index (χ0) is 21.0. The monoisotopic (exact) mass is 431 g/mol. The number of hydrogen-bond acceptors (Lipinski definition) is 4. The Bertz CT molecular complexity index is 903. The summed E-state index contributed by atoms with van der Waals surface area (Å²) in [6.07, 6.45) is 0. The van der Waals surface area contributed by atoms with Crippen molar-refractivity contribution in [1.82, 2.24) is 20.2 Å². The molecule has 0 atom stereocenters. The summed E-state index contributed by atoms with van der Waals surface area (Å²) in [5.41, 5.74) is 4.19. The van der Waals surface area contributed by atoms with Crippen molar-refractivity contribution in [2.75, 3.05) is 43.4 Å². The van der Waals surface area contributed by atoms with E-state index < -0.39 is 0 Å². The predicted octanol–water partition coefficient (Wildman–Crippen LogP) is 3.15. The molecule has 0 spiro atoms. The molecule has 1 saturated heterocycles. The normalized spacial score (nSPS) is 14.7. The van der Waals surface area contributed by atoms with E-state index in [1.807, 2.05) is 32.0 Å². The number of aromatic nitrogens is 2. The van der Waals surface area contributed by atoms with Gasteiger partial charge in [-0.15, -0.1) is 0 Å². The summed E-state index contributed by atoms with van der Waals surface area (Å²) in [5.74, 6) is 1.17. The van der Waals surface area contributed by atoms with Crippen LogP contribution in [0.3, 0.4) is 0 Å². The smallest absolute Gasteiger partial charge is 0.229 e. The molecule has 1 aromatic carbocycles. The van der Waals surface area contributed by atoms with Crippen LogP contribution in [0.2, 0.25) is 5.02 Å². The molecule has 1 aliphatic heterocycles. The van der Waals surface area contributed by atoms with Gasteiger partial charge < -0.3 is 15.1 Å². The standard InChI is InChI=1S/C20H26ClN7S/c1-13-5-6-16(21)12-17(13)27-7-9-28(10-8-27)19(26-20(29)22-4)25-18-23-14(2)11-15(3)24-18/h5-6,11-12H,7-10H2,1-4H3,(H2,22,23,24,25,26,29). The first kappa shape index (κ1) is 21.3. The van der Waals surface area contributed by atoms with Gasteiger partial charge in [0.1, 0.15) is 0 Å². The van der Waals surface area contributed by atoms with Gasteiger partial charge in [0, 0.05) is 55.3 Å². The van der Waals surface area contributed by atoms with Crippen LogP contribution < -0.4 is 15.5 Å². The van der Waals surface area contributed by atoms with E-state index in [4.69, 9.17) is 23.8 Å². The number of nitrogens with zero attached hydrogens (tertiary/aromatic N) is 5. The summed E-state index contributed by atoms with van der Waals surface area (Å²) in [5, 5.41) is 7.32. The van der Waals surface area contributed by atoms with Crippen molar-refractivity contribution in [2.45, 2.75) is 20.8 Å². The molecule has 0 radical (unpaired) electrons. The van der Waals surface area contributed by atoms with Crippen molar-refractivity contribution in [3.8, 4) is 0 Å². The summed E-state index contributed by atoms with van der Waals surface area (Å²) in [7, 11) is 1.76. The van der Waals surface area contributed by atoms with E-state index in [9.17, 15) is 0 Å². The Morgan fingerprint density at radius 3 is 2.34 bits per heavy atom. The van der Waals surface area contributed by atoms with Gasteiger partial charge in [-0.1, -0.05) is 17.7 Å². The van der Waals surface area contributed by atoms with Gasteiger partial charge in [0.05, 0.1) is 0 Å². The first-order valence-corrected chi connectivity index (χ1v) is 10.3. The van der Waals surface area contributed by atoms with E-state index in [2.05, 4.69) is 48.4 Å². The zero-order valence-corrected chi connectivity index (χ0v) is 18.7. The molecular weight excluding hydrogens is 406 g/mol. The highest BCUT2D eigenvalue weighted by atomic mass is 35.5. The van der Waals surface area contributed by atoms with Crippen LogP contribution in [0.15, 0.2) is 29.3 Å². The lowest BCUT2D eigenvalue weighted by Gasteiger charge is -2.38. The highest BCUT2D eigenvalue weighted by Crippen LogP contribution is 2.25. The van der Waals surface area contributed by atoms with Gasteiger partial charge in [-0.25, -0.2) is 9.97 Å². The van der Waals surface area contributed by atoms with Gasteiger partial charge in [-0.05, 0) is 56.8 Å². The van der Waals surface area contributed by atoms with Gasteiger partial charge in [-0.3, -0.25) is 5.32 Å². The van der Waals surface area contributed by atoms with E-state index in [-0.39, 0.29) is 0 Å². The van der Waals surface area contributed by atoms with Crippen LogP contribution in [0.5, 0.6) is 0 Å². The number of thiocarbonyl (C=S) groups is 1. The van der Waals surface area contributed by atoms with Crippen molar-refractivity contribution >= 4 is 46.5 Å². The number of aryl methyl sites for hydroxylation is 3. The first-order chi connectivity index (χ1) is 13.9. The fourth-order valence-electron chi connectivity index (χ4n) is 3.29. The van der Waals surface area contributed by atoms with E-state index in [1.54, 1.807) is 7.05 Å². The molecule has 7 nitrogen and oxygen atoms in total. The van der Waals surface area contributed by atoms with E-state index in [1.165, 1.54) is 11.3 Å². The van der Waals surface area contributed by atoms with Crippen molar-refractivity contribution in [1.29, 1.82) is 0 Å². The largest absolute Gasteiger partial charge is 0.368 e. The van der Waals surface area contributed by atoms with Crippen molar-refractivity contribution in [3.05, 3.63) is 46.2 Å². The minimum absolute atomic E-state index is 0.407. The van der Waals surface area contributed by atoms with Crippen LogP contribution >= 0.6 is 23.8 Å². The van der Waals surface area contributed by atoms with Crippen molar-refractivity contribution < 1.29 is 0 Å². The van der Waals surface area contributed by atoms with Gasteiger partial charge in [0.15, 0.2) is 5.11 Å². The Labute approximate surface area is 182 Å². The lowest BCUT2D eigenvalue weighted by molar-refractivity contribution is 0.385. The van der Waals surface area contributed by atoms with Crippen molar-refractivity contribution in [2.24, 2.45) is 4.99 Å². The molecule has 2 N–H and O–H groups in total. The number of benzene rings is 1. The van der Waals surface area contributed by atoms with Gasteiger partial charge in [0.25, 0.3) is 0 Å². The molecule has 0 aliphatic carbocycles. The topological polar surface area (TPSA) is 68.7 Å². The molecular formula is C20H26ClN7S. The minimum Gasteiger partial charge on any atom is -0.368 e. The number of aliphatic imine (C=N–C) groups is 1. The third-order valence-electron chi connectivity index (χ3n) is 4.72. The van der Waals surface area contributed by atoms with Crippen LogP contribution in [0.1, 0.15) is 17.0 Å². The van der Waals surface area contributed by atoms with Crippen LogP contribution in [0.25, 0.3) is 0 Å². The maximum atomic E-state index is 6.20. The second kappa shape index (κ2) is 9.37. The minimum atomic E-state index is 0.407. The molecule has 154 valence electrons. The lowest BCUT2D eigenvalue weighted by atomic mass is 10.1. The molecule has 0 amide bonds. The third-order valence-corrected chi connectivity index (χ3v) is 5.25. The summed E-state index contributed by atoms with van der Waals surface area (Å²) in [6, 6.07) is 7.95. The lowest BCUT2D eigenvalue weighted by Crippen LogP contribution is -2.51. The number of halogens is 1. The predicted molar refractivity (Wildman–Crippen MR) is 124 cm³/mol. The summed E-state index contributed by atoms with van der Waals surface area (Å²) >= 11 is 11.5. The highest BCUT2D eigenvalue weighted by molar-refractivity contribution is 7.80. The average molecular weight is 432 g/mol. The van der Waals surface area contributed by atoms with E-state index >= 15 is 0 Å². The maximum Gasteiger partial charge on any atom is 0.229 e. The second-order valence-electron chi connectivity index (χ2n) is 6.99. The Morgan fingerprint density at radius 1 is 1.07 bits per heavy atom. The summed E-state index contributed by atoms with van der Waals surface area (Å²) < 4.78 is 0. The maximum absolute atomic E-state index is 6.20. The molecule has 0 unspecified atom stereocenters. The van der Waals surface area contributed by atoms with Crippen molar-refractivity contribution in [3.63, 3.8) is 0 Å². The molecule has 29 heavy (non-hydrogen) atoms. The number of rotatable bonds is 2. The second-order valence-corrected chi connectivity index (χ2v) is 7.82. The Balaban J connectivity index is 1.77. The van der Waals surface area contributed by atoms with Crippen LogP contribution in [0.4, 0.5) is 11.6 Å². The zero-order valence-electron chi connectivity index (χ0n) is 17.2. The third kappa shape index (κ3) is 5.55. The van der Waals surface area contributed by atoms with E-state index in [0.717, 1.165) is 42.6 Å². The molecule has 1 fully saturated rings. The Morgan fingerprint density at radius 2 is 1.72 bits per heavy atom. The van der Waals surface area contributed by atoms with Crippen LogP contribution in [-0.4, -0.2) is 59.2 Å². The van der Waals surface area contributed by atoms with E-state index in [0.29, 0.717) is 17.0 Å². The van der Waals surface area contributed by atoms with Gasteiger partial charge >= 0.3 is 0 Å². The van der Waals surface area contributed by atoms with Crippen LogP contribution in [-0.2, 0) is 0 Å². The molecule has 1 aromatic heterocycles. The number of guanidine groups is 1. The number of nitrogens with one attached hydrogen (secondary N) is 2. The Kier molecular flexibility index (Phi) is 6.87. The Hall–Kier alpha value is -2.45. The molecule has 9 heteroatoms. The fraction of sp³-hybridized carbons (Fsp3) is 0.400. The summed E-state index contributed by atoms with van der Waals surface area (Å²) in [4.78, 5) is 18.0. The highest BCUT2D eigenvalue weighted by Gasteiger charge is 2.22. The number of hydrogen-bond donors (Lipinski definition) is 2. The number of anilines is 2. The summed E-state index contributed by atoms with van der Waals surface area (Å²) in [6.45, 7) is 9.27. The first-order valence-electron chi connectivity index (χ1n) is 9.51. The molecule has 0 bridgehead atoms. The molecule has 2 heterocycles. The van der Waals surface area contributed by atoms with Crippen LogP contribution in [0, 0.1) is 20.8 Å². The molecule has 1 aliphatic rings. The fourth-order valence-corrected chi connectivity index (χ4v) is 3.55. The molecule has 3 rings (SSSR count). The average Bonchev–Trinajstić information content (AvgIpc) is 2.68. The molecule has 0 saturated carbocycles. The SMILES string of the molecule is CNC(=S)/N=C(/Nc1nc(C)cc(C)n1)N1CCN(c2cc(Cl)ccc2C)CC1. The molecule has 2 aromatic rings. The van der Waals surface area contributed by atoms with Gasteiger partial charge in [0.2, 0.25) is 11.9 Å².